The number of esters is 1. The van der Waals surface area contributed by atoms with Crippen LogP contribution in [0.4, 0.5) is 10.5 Å². The molecule has 0 bridgehead atoms. The number of nitrogens with one attached hydrogen (secondary N) is 2. The van der Waals surface area contributed by atoms with Gasteiger partial charge in [-0.1, -0.05) is 24.3 Å². The number of carbonyl (C=O) groups is 4. The van der Waals surface area contributed by atoms with Crippen LogP contribution >= 0.6 is 0 Å². The Hall–Kier alpha value is -3.88. The first-order valence-electron chi connectivity index (χ1n) is 10.5. The Balaban J connectivity index is 1.53. The molecular formula is C23H26N4O5. The Morgan fingerprint density at radius 2 is 1.66 bits per heavy atom. The van der Waals surface area contributed by atoms with E-state index in [1.165, 1.54) is 16.1 Å². The number of anilines is 1. The molecule has 0 saturated carbocycles. The summed E-state index contributed by atoms with van der Waals surface area (Å²) in [5.74, 6) is -0.985. The minimum atomic E-state index is -0.473. The highest BCUT2D eigenvalue weighted by molar-refractivity contribution is 5.95. The van der Waals surface area contributed by atoms with Gasteiger partial charge < -0.3 is 15.4 Å². The molecule has 3 rings (SSSR count). The van der Waals surface area contributed by atoms with Gasteiger partial charge in [-0.15, -0.1) is 0 Å². The molecule has 0 radical (unpaired) electrons. The number of hydrogen-bond donors (Lipinski definition) is 2. The van der Waals surface area contributed by atoms with Crippen LogP contribution in [0.15, 0.2) is 54.6 Å². The average molecular weight is 438 g/mol. The number of hydrazine groups is 1. The third kappa shape index (κ3) is 5.84. The third-order valence-electron chi connectivity index (χ3n) is 4.84. The number of carbonyl (C=O) groups excluding carboxylic acids is 4. The smallest absolute Gasteiger partial charge is 0.340 e. The van der Waals surface area contributed by atoms with Gasteiger partial charge in [0.05, 0.1) is 12.2 Å². The molecule has 0 unspecified atom stereocenters. The third-order valence-corrected chi connectivity index (χ3v) is 4.84. The predicted octanol–water partition coefficient (Wildman–Crippen LogP) is 2.66. The number of rotatable bonds is 7. The lowest BCUT2D eigenvalue weighted by Crippen LogP contribution is -2.47. The van der Waals surface area contributed by atoms with E-state index in [1.807, 2.05) is 6.07 Å². The topological polar surface area (TPSA) is 108 Å². The molecule has 1 saturated heterocycles. The van der Waals surface area contributed by atoms with Crippen molar-refractivity contribution in [1.82, 2.24) is 15.3 Å². The number of nitrogens with zero attached hydrogens (tertiary/aromatic N) is 2. The van der Waals surface area contributed by atoms with E-state index in [1.54, 1.807) is 49.4 Å². The highest BCUT2D eigenvalue weighted by Crippen LogP contribution is 2.17. The maximum absolute atomic E-state index is 12.7. The second-order valence-electron chi connectivity index (χ2n) is 7.10. The maximum atomic E-state index is 12.7. The number of hydrogen-bond acceptors (Lipinski definition) is 5. The first-order chi connectivity index (χ1) is 15.5. The summed E-state index contributed by atoms with van der Waals surface area (Å²) in [7, 11) is 0. The molecule has 0 aromatic heterocycles. The van der Waals surface area contributed by atoms with Gasteiger partial charge in [-0.25, -0.2) is 19.6 Å². The van der Waals surface area contributed by atoms with Crippen LogP contribution in [0.2, 0.25) is 0 Å². The van der Waals surface area contributed by atoms with Gasteiger partial charge in [0.1, 0.15) is 0 Å². The largest absolute Gasteiger partial charge is 0.462 e. The van der Waals surface area contributed by atoms with Gasteiger partial charge in [-0.3, -0.25) is 9.59 Å². The minimum Gasteiger partial charge on any atom is -0.462 e. The molecule has 32 heavy (non-hydrogen) atoms. The standard InChI is InChI=1S/C23H26N4O5/c1-2-32-22(30)18-10-6-11-19(16-18)25-23(31)27-15-7-14-26(27)20(28)12-13-24-21(29)17-8-4-3-5-9-17/h3-6,8-11,16H,2,7,12-15H2,1H3,(H,24,29)(H,25,31). The summed E-state index contributed by atoms with van der Waals surface area (Å²) in [6, 6.07) is 14.7. The van der Waals surface area contributed by atoms with Crippen molar-refractivity contribution in [1.29, 1.82) is 0 Å². The zero-order chi connectivity index (χ0) is 22.9. The fourth-order valence-electron chi connectivity index (χ4n) is 3.31. The fourth-order valence-corrected chi connectivity index (χ4v) is 3.31. The van der Waals surface area contributed by atoms with E-state index in [2.05, 4.69) is 10.6 Å². The van der Waals surface area contributed by atoms with Crippen LogP contribution < -0.4 is 10.6 Å². The summed E-state index contributed by atoms with van der Waals surface area (Å²) < 4.78 is 4.97. The Kier molecular flexibility index (Phi) is 7.80. The van der Waals surface area contributed by atoms with Gasteiger partial charge >= 0.3 is 12.0 Å². The van der Waals surface area contributed by atoms with Crippen molar-refractivity contribution in [3.05, 3.63) is 65.7 Å². The highest BCUT2D eigenvalue weighted by Gasteiger charge is 2.30. The molecule has 9 nitrogen and oxygen atoms in total. The van der Waals surface area contributed by atoms with Gasteiger partial charge in [-0.2, -0.15) is 0 Å². The summed E-state index contributed by atoms with van der Waals surface area (Å²) in [5, 5.41) is 8.17. The Bertz CT molecular complexity index is 979. The molecule has 4 amide bonds. The molecule has 2 N–H and O–H groups in total. The van der Waals surface area contributed by atoms with E-state index >= 15 is 0 Å². The minimum absolute atomic E-state index is 0.0701. The maximum Gasteiger partial charge on any atom is 0.340 e. The lowest BCUT2D eigenvalue weighted by atomic mass is 10.2. The van der Waals surface area contributed by atoms with Crippen molar-refractivity contribution in [3.8, 4) is 0 Å². The normalized spacial score (nSPS) is 12.9. The van der Waals surface area contributed by atoms with Crippen molar-refractivity contribution in [2.75, 3.05) is 31.6 Å². The van der Waals surface area contributed by atoms with Crippen molar-refractivity contribution in [3.63, 3.8) is 0 Å². The van der Waals surface area contributed by atoms with E-state index in [-0.39, 0.29) is 31.4 Å². The van der Waals surface area contributed by atoms with Crippen LogP contribution in [0.5, 0.6) is 0 Å². The Morgan fingerprint density at radius 3 is 2.41 bits per heavy atom. The predicted molar refractivity (Wildman–Crippen MR) is 118 cm³/mol. The molecule has 1 aliphatic heterocycles. The summed E-state index contributed by atoms with van der Waals surface area (Å²) in [4.78, 5) is 49.4. The first kappa shape index (κ1) is 22.8. The lowest BCUT2D eigenvalue weighted by molar-refractivity contribution is -0.139. The van der Waals surface area contributed by atoms with Crippen LogP contribution in [-0.2, 0) is 9.53 Å². The molecule has 1 heterocycles. The Labute approximate surface area is 186 Å². The van der Waals surface area contributed by atoms with Crippen LogP contribution in [0.25, 0.3) is 0 Å². The molecule has 0 atom stereocenters. The van der Waals surface area contributed by atoms with Crippen molar-refractivity contribution < 1.29 is 23.9 Å². The van der Waals surface area contributed by atoms with Gasteiger partial charge in [0.2, 0.25) is 5.91 Å². The highest BCUT2D eigenvalue weighted by atomic mass is 16.5. The quantitative estimate of drug-likeness (QED) is 0.646. The summed E-state index contributed by atoms with van der Waals surface area (Å²) in [5.41, 5.74) is 1.27. The van der Waals surface area contributed by atoms with Crippen LogP contribution in [0, 0.1) is 0 Å². The average Bonchev–Trinajstić information content (AvgIpc) is 3.30. The molecule has 2 aromatic rings. The zero-order valence-corrected chi connectivity index (χ0v) is 17.9. The molecular weight excluding hydrogens is 412 g/mol. The summed E-state index contributed by atoms with van der Waals surface area (Å²) in [6.07, 6.45) is 0.721. The molecule has 0 spiro atoms. The van der Waals surface area contributed by atoms with E-state index in [0.717, 1.165) is 0 Å². The lowest BCUT2D eigenvalue weighted by Gasteiger charge is -2.28. The first-order valence-corrected chi connectivity index (χ1v) is 10.5. The molecule has 168 valence electrons. The summed E-state index contributed by atoms with van der Waals surface area (Å²) >= 11 is 0. The number of amides is 4. The second-order valence-corrected chi connectivity index (χ2v) is 7.10. The zero-order valence-electron chi connectivity index (χ0n) is 17.9. The van der Waals surface area contributed by atoms with Crippen molar-refractivity contribution in [2.24, 2.45) is 0 Å². The summed E-state index contributed by atoms with van der Waals surface area (Å²) in [6.45, 7) is 2.95. The number of benzene rings is 2. The van der Waals surface area contributed by atoms with Crippen molar-refractivity contribution in [2.45, 2.75) is 19.8 Å². The van der Waals surface area contributed by atoms with Gasteiger partial charge in [0.25, 0.3) is 5.91 Å². The van der Waals surface area contributed by atoms with E-state index in [0.29, 0.717) is 36.3 Å². The SMILES string of the molecule is CCOC(=O)c1cccc(NC(=O)N2CCCN2C(=O)CCNC(=O)c2ccccc2)c1. The molecule has 2 aromatic carbocycles. The van der Waals surface area contributed by atoms with E-state index in [9.17, 15) is 19.2 Å². The Morgan fingerprint density at radius 1 is 0.938 bits per heavy atom. The second kappa shape index (κ2) is 10.9. The van der Waals surface area contributed by atoms with Crippen LogP contribution in [0.3, 0.4) is 0 Å². The molecule has 1 aliphatic rings. The van der Waals surface area contributed by atoms with Gasteiger partial charge in [-0.05, 0) is 43.7 Å². The molecule has 1 fully saturated rings. The van der Waals surface area contributed by atoms with Crippen molar-refractivity contribution >= 4 is 29.5 Å². The number of ether oxygens (including phenoxy) is 1. The number of urea groups is 1. The monoisotopic (exact) mass is 438 g/mol. The van der Waals surface area contributed by atoms with E-state index in [4.69, 9.17) is 4.74 Å². The van der Waals surface area contributed by atoms with Gasteiger partial charge in [0, 0.05) is 37.3 Å². The van der Waals surface area contributed by atoms with E-state index < -0.39 is 12.0 Å². The fraction of sp³-hybridized carbons (Fsp3) is 0.304. The van der Waals surface area contributed by atoms with Gasteiger partial charge in [0.15, 0.2) is 0 Å². The molecule has 0 aliphatic carbocycles. The van der Waals surface area contributed by atoms with Crippen LogP contribution in [-0.4, -0.2) is 60.1 Å². The van der Waals surface area contributed by atoms with Crippen LogP contribution in [0.1, 0.15) is 40.5 Å². The molecule has 9 heteroatoms.